The molecule has 1 aromatic heterocycles. The Morgan fingerprint density at radius 3 is 2.77 bits per heavy atom. The third-order valence-electron chi connectivity index (χ3n) is 1.18. The molecule has 0 aromatic carbocycles. The molecular formula is C4H9N5O2S2. The average molecular weight is 223 g/mol. The summed E-state index contributed by atoms with van der Waals surface area (Å²) in [6.07, 6.45) is 0. The summed E-state index contributed by atoms with van der Waals surface area (Å²) >= 11 is 1.25. The van der Waals surface area contributed by atoms with Crippen molar-refractivity contribution < 1.29 is 8.42 Å². The predicted molar refractivity (Wildman–Crippen MR) is 47.5 cm³/mol. The highest BCUT2D eigenvalue weighted by atomic mass is 32.2. The molecule has 0 atom stereocenters. The van der Waals surface area contributed by atoms with Crippen molar-refractivity contribution in [1.82, 2.24) is 20.2 Å². The fourth-order valence-corrected chi connectivity index (χ4v) is 2.36. The summed E-state index contributed by atoms with van der Waals surface area (Å²) in [7, 11) is -1.71. The Hall–Kier alpha value is -0.670. The molecule has 74 valence electrons. The number of tetrazole rings is 1. The number of rotatable bonds is 4. The number of primary sulfonamides is 1. The van der Waals surface area contributed by atoms with Gasteiger partial charge in [-0.05, 0) is 10.4 Å². The van der Waals surface area contributed by atoms with Crippen molar-refractivity contribution in [1.29, 1.82) is 0 Å². The van der Waals surface area contributed by atoms with Crippen molar-refractivity contribution in [3.8, 4) is 0 Å². The lowest BCUT2D eigenvalue weighted by molar-refractivity contribution is 0.599. The summed E-state index contributed by atoms with van der Waals surface area (Å²) < 4.78 is 22.6. The first kappa shape index (κ1) is 10.4. The van der Waals surface area contributed by atoms with Crippen LogP contribution in [0.2, 0.25) is 0 Å². The Morgan fingerprint density at radius 1 is 1.62 bits per heavy atom. The Morgan fingerprint density at radius 2 is 2.31 bits per heavy atom. The molecule has 0 unspecified atom stereocenters. The topological polar surface area (TPSA) is 104 Å². The molecule has 13 heavy (non-hydrogen) atoms. The summed E-state index contributed by atoms with van der Waals surface area (Å²) in [5.41, 5.74) is 0. The standard InChI is InChI=1S/C4H9N5O2S2/c1-9-4(6-7-8-9)12-2-3-13(5,10)11/h2-3H2,1H3,(H2,5,10,11). The van der Waals surface area contributed by atoms with E-state index in [4.69, 9.17) is 5.14 Å². The number of thioether (sulfide) groups is 1. The molecule has 0 fully saturated rings. The van der Waals surface area contributed by atoms with Gasteiger partial charge in [0.15, 0.2) is 0 Å². The van der Waals surface area contributed by atoms with Crippen LogP contribution in [0.1, 0.15) is 0 Å². The van der Waals surface area contributed by atoms with Gasteiger partial charge in [-0.1, -0.05) is 11.8 Å². The molecule has 0 aliphatic heterocycles. The van der Waals surface area contributed by atoms with Crippen LogP contribution in [0.5, 0.6) is 0 Å². The van der Waals surface area contributed by atoms with Gasteiger partial charge in [0.1, 0.15) is 0 Å². The molecule has 0 aliphatic rings. The zero-order valence-corrected chi connectivity index (χ0v) is 8.55. The van der Waals surface area contributed by atoms with Crippen LogP contribution in [0.4, 0.5) is 0 Å². The molecule has 0 saturated heterocycles. The summed E-state index contributed by atoms with van der Waals surface area (Å²) in [6.45, 7) is 0. The number of nitrogens with zero attached hydrogens (tertiary/aromatic N) is 4. The van der Waals surface area contributed by atoms with Crippen LogP contribution in [0.3, 0.4) is 0 Å². The van der Waals surface area contributed by atoms with Gasteiger partial charge in [-0.15, -0.1) is 5.10 Å². The van der Waals surface area contributed by atoms with Crippen LogP contribution < -0.4 is 5.14 Å². The molecule has 7 nitrogen and oxygen atoms in total. The van der Waals surface area contributed by atoms with E-state index in [2.05, 4.69) is 15.5 Å². The molecule has 0 spiro atoms. The van der Waals surface area contributed by atoms with Crippen LogP contribution in [0.25, 0.3) is 0 Å². The SMILES string of the molecule is Cn1nnnc1SCCS(N)(=O)=O. The fourth-order valence-electron chi connectivity index (χ4n) is 0.593. The van der Waals surface area contributed by atoms with E-state index in [1.54, 1.807) is 7.05 Å². The van der Waals surface area contributed by atoms with E-state index < -0.39 is 10.0 Å². The maximum Gasteiger partial charge on any atom is 0.209 e. The van der Waals surface area contributed by atoms with E-state index in [0.29, 0.717) is 10.9 Å². The Kier molecular flexibility index (Phi) is 3.22. The van der Waals surface area contributed by atoms with Gasteiger partial charge in [-0.2, -0.15) is 0 Å². The normalized spacial score (nSPS) is 11.8. The Bertz CT molecular complexity index is 372. The van der Waals surface area contributed by atoms with Gasteiger partial charge in [0.25, 0.3) is 0 Å². The quantitative estimate of drug-likeness (QED) is 0.629. The van der Waals surface area contributed by atoms with Crippen LogP contribution in [0.15, 0.2) is 5.16 Å². The van der Waals surface area contributed by atoms with Crippen molar-refractivity contribution >= 4 is 21.8 Å². The molecule has 1 heterocycles. The second-order valence-corrected chi connectivity index (χ2v) is 5.10. The number of hydrogen-bond acceptors (Lipinski definition) is 6. The molecular weight excluding hydrogens is 214 g/mol. The third kappa shape index (κ3) is 3.70. The van der Waals surface area contributed by atoms with Crippen molar-refractivity contribution in [2.75, 3.05) is 11.5 Å². The van der Waals surface area contributed by atoms with Gasteiger partial charge in [0.05, 0.1) is 5.75 Å². The first-order valence-corrected chi connectivity index (χ1v) is 6.05. The number of aromatic nitrogens is 4. The van der Waals surface area contributed by atoms with E-state index >= 15 is 0 Å². The highest BCUT2D eigenvalue weighted by Gasteiger charge is 2.06. The van der Waals surface area contributed by atoms with Crippen molar-refractivity contribution in [2.24, 2.45) is 12.2 Å². The minimum Gasteiger partial charge on any atom is -0.229 e. The number of aryl methyl sites for hydroxylation is 1. The van der Waals surface area contributed by atoms with E-state index in [0.717, 1.165) is 0 Å². The summed E-state index contributed by atoms with van der Waals surface area (Å²) in [4.78, 5) is 0. The summed E-state index contributed by atoms with van der Waals surface area (Å²) in [5, 5.41) is 16.0. The minimum atomic E-state index is -3.39. The smallest absolute Gasteiger partial charge is 0.209 e. The zero-order chi connectivity index (χ0) is 9.90. The van der Waals surface area contributed by atoms with E-state index in [1.807, 2.05) is 0 Å². The summed E-state index contributed by atoms with van der Waals surface area (Å²) in [6, 6.07) is 0. The lowest BCUT2D eigenvalue weighted by Gasteiger charge is -1.97. The minimum absolute atomic E-state index is 0.0788. The Labute approximate surface area is 79.7 Å². The number of sulfonamides is 1. The fraction of sp³-hybridized carbons (Fsp3) is 0.750. The second kappa shape index (κ2) is 4.03. The second-order valence-electron chi connectivity index (χ2n) is 2.30. The van der Waals surface area contributed by atoms with Crippen LogP contribution in [0, 0.1) is 0 Å². The van der Waals surface area contributed by atoms with E-state index in [1.165, 1.54) is 16.4 Å². The molecule has 0 saturated carbocycles. The summed E-state index contributed by atoms with van der Waals surface area (Å²) in [5.74, 6) is 0.275. The van der Waals surface area contributed by atoms with Gasteiger partial charge in [0.2, 0.25) is 15.2 Å². The number of hydrogen-bond donors (Lipinski definition) is 1. The highest BCUT2D eigenvalue weighted by molar-refractivity contribution is 8.00. The maximum absolute atomic E-state index is 10.6. The van der Waals surface area contributed by atoms with Crippen LogP contribution in [-0.2, 0) is 17.1 Å². The average Bonchev–Trinajstić information content (AvgIpc) is 2.34. The first-order valence-electron chi connectivity index (χ1n) is 3.34. The lowest BCUT2D eigenvalue weighted by Crippen LogP contribution is -2.18. The van der Waals surface area contributed by atoms with Gasteiger partial charge in [0, 0.05) is 12.8 Å². The first-order chi connectivity index (χ1) is 5.99. The van der Waals surface area contributed by atoms with Crippen LogP contribution >= 0.6 is 11.8 Å². The van der Waals surface area contributed by atoms with E-state index in [-0.39, 0.29) is 5.75 Å². The predicted octanol–water partition coefficient (Wildman–Crippen LogP) is -1.41. The van der Waals surface area contributed by atoms with Gasteiger partial charge < -0.3 is 0 Å². The maximum atomic E-state index is 10.6. The van der Waals surface area contributed by atoms with Gasteiger partial charge in [-0.25, -0.2) is 18.2 Å². The molecule has 0 radical (unpaired) electrons. The molecule has 0 bridgehead atoms. The Balaban J connectivity index is 2.41. The van der Waals surface area contributed by atoms with Gasteiger partial charge >= 0.3 is 0 Å². The van der Waals surface area contributed by atoms with Crippen molar-refractivity contribution in [2.45, 2.75) is 5.16 Å². The molecule has 2 N–H and O–H groups in total. The molecule has 0 aliphatic carbocycles. The monoisotopic (exact) mass is 223 g/mol. The number of nitrogens with two attached hydrogens (primary N) is 1. The highest BCUT2D eigenvalue weighted by Crippen LogP contribution is 2.11. The lowest BCUT2D eigenvalue weighted by atomic mass is 11.0. The van der Waals surface area contributed by atoms with Gasteiger partial charge in [-0.3, -0.25) is 0 Å². The third-order valence-corrected chi connectivity index (χ3v) is 3.22. The van der Waals surface area contributed by atoms with Crippen molar-refractivity contribution in [3.63, 3.8) is 0 Å². The molecule has 9 heteroatoms. The molecule has 0 amide bonds. The van der Waals surface area contributed by atoms with Crippen LogP contribution in [-0.4, -0.2) is 40.1 Å². The molecule has 1 aromatic rings. The largest absolute Gasteiger partial charge is 0.229 e. The van der Waals surface area contributed by atoms with E-state index in [9.17, 15) is 8.42 Å². The van der Waals surface area contributed by atoms with Crippen molar-refractivity contribution in [3.05, 3.63) is 0 Å². The zero-order valence-electron chi connectivity index (χ0n) is 6.91. The molecule has 1 rings (SSSR count).